The molecule has 0 amide bonds. The van der Waals surface area contributed by atoms with E-state index in [2.05, 4.69) is 4.98 Å². The predicted molar refractivity (Wildman–Crippen MR) is 66.4 cm³/mol. The van der Waals surface area contributed by atoms with E-state index in [0.717, 1.165) is 5.56 Å². The van der Waals surface area contributed by atoms with Crippen LogP contribution < -0.4 is 0 Å². The topological polar surface area (TPSA) is 52.0 Å². The van der Waals surface area contributed by atoms with Crippen molar-refractivity contribution in [3.8, 4) is 11.4 Å². The van der Waals surface area contributed by atoms with Crippen LogP contribution in [0.25, 0.3) is 11.4 Å². The molecule has 2 rings (SSSR count). The molecule has 0 aliphatic heterocycles. The molecule has 1 aromatic heterocycles. The van der Waals surface area contributed by atoms with E-state index in [-0.39, 0.29) is 5.03 Å². The molecule has 5 heteroatoms. The largest absolute Gasteiger partial charge is 0.330 e. The number of imidazole rings is 1. The normalized spacial score (nSPS) is 11.6. The Hall–Kier alpha value is -1.62. The second-order valence-corrected chi connectivity index (χ2v) is 5.79. The third-order valence-electron chi connectivity index (χ3n) is 2.51. The summed E-state index contributed by atoms with van der Waals surface area (Å²) in [5.41, 5.74) is 0.921. The van der Waals surface area contributed by atoms with Gasteiger partial charge in [-0.3, -0.25) is 0 Å². The Morgan fingerprint density at radius 1 is 1.24 bits per heavy atom. The molecule has 0 aliphatic carbocycles. The third-order valence-corrected chi connectivity index (χ3v) is 3.46. The predicted octanol–water partition coefficient (Wildman–Crippen LogP) is 1.97. The van der Waals surface area contributed by atoms with Crippen molar-refractivity contribution in [3.63, 3.8) is 0 Å². The fourth-order valence-electron chi connectivity index (χ4n) is 1.63. The molecule has 90 valence electrons. The van der Waals surface area contributed by atoms with E-state index in [1.807, 2.05) is 41.8 Å². The number of hydrogen-bond acceptors (Lipinski definition) is 3. The Bertz CT molecular complexity index is 615. The average Bonchev–Trinajstić information content (AvgIpc) is 2.73. The molecular formula is C12H14N2O2S. The van der Waals surface area contributed by atoms with Gasteiger partial charge in [-0.05, 0) is 6.92 Å². The first kappa shape index (κ1) is 11.9. The van der Waals surface area contributed by atoms with Crippen LogP contribution >= 0.6 is 0 Å². The van der Waals surface area contributed by atoms with Gasteiger partial charge in [-0.2, -0.15) is 0 Å². The van der Waals surface area contributed by atoms with Crippen LogP contribution in [0.3, 0.4) is 0 Å². The Labute approximate surface area is 101 Å². The van der Waals surface area contributed by atoms with Gasteiger partial charge in [0.15, 0.2) is 14.9 Å². The first-order valence-corrected chi connectivity index (χ1v) is 7.24. The molecule has 0 aliphatic rings. The van der Waals surface area contributed by atoms with E-state index in [0.29, 0.717) is 12.4 Å². The van der Waals surface area contributed by atoms with Crippen molar-refractivity contribution >= 4 is 9.84 Å². The summed E-state index contributed by atoms with van der Waals surface area (Å²) < 4.78 is 24.8. The van der Waals surface area contributed by atoms with E-state index in [1.54, 1.807) is 6.20 Å². The van der Waals surface area contributed by atoms with Gasteiger partial charge < -0.3 is 4.57 Å². The lowest BCUT2D eigenvalue weighted by Gasteiger charge is -2.03. The maximum atomic E-state index is 11.5. The number of sulfone groups is 1. The summed E-state index contributed by atoms with van der Waals surface area (Å²) >= 11 is 0. The fraction of sp³-hybridized carbons (Fsp3) is 0.250. The van der Waals surface area contributed by atoms with Gasteiger partial charge in [0, 0.05) is 24.6 Å². The molecule has 2 aromatic rings. The van der Waals surface area contributed by atoms with Gasteiger partial charge in [-0.15, -0.1) is 0 Å². The average molecular weight is 250 g/mol. The minimum Gasteiger partial charge on any atom is -0.330 e. The minimum absolute atomic E-state index is 0.123. The SMILES string of the molecule is CCn1cc(S(C)(=O)=O)nc1-c1ccccc1. The molecule has 0 spiro atoms. The van der Waals surface area contributed by atoms with Crippen LogP contribution in [0.5, 0.6) is 0 Å². The van der Waals surface area contributed by atoms with Crippen molar-refractivity contribution in [2.45, 2.75) is 18.5 Å². The van der Waals surface area contributed by atoms with Crippen molar-refractivity contribution in [3.05, 3.63) is 36.5 Å². The van der Waals surface area contributed by atoms with E-state index in [4.69, 9.17) is 0 Å². The third kappa shape index (κ3) is 2.39. The Morgan fingerprint density at radius 3 is 2.41 bits per heavy atom. The maximum Gasteiger partial charge on any atom is 0.194 e. The van der Waals surface area contributed by atoms with E-state index in [9.17, 15) is 8.42 Å². The van der Waals surface area contributed by atoms with Crippen LogP contribution in [0.15, 0.2) is 41.6 Å². The molecule has 0 atom stereocenters. The molecule has 0 fully saturated rings. The lowest BCUT2D eigenvalue weighted by molar-refractivity contribution is 0.598. The van der Waals surface area contributed by atoms with Crippen molar-refractivity contribution < 1.29 is 8.42 Å². The van der Waals surface area contributed by atoms with Gasteiger partial charge in [0.1, 0.15) is 5.82 Å². The van der Waals surface area contributed by atoms with Gasteiger partial charge in [0.25, 0.3) is 0 Å². The molecule has 0 unspecified atom stereocenters. The minimum atomic E-state index is -3.25. The van der Waals surface area contributed by atoms with Gasteiger partial charge in [-0.25, -0.2) is 13.4 Å². The lowest BCUT2D eigenvalue weighted by Crippen LogP contribution is -1.96. The highest BCUT2D eigenvalue weighted by Crippen LogP contribution is 2.20. The van der Waals surface area contributed by atoms with E-state index < -0.39 is 9.84 Å². The van der Waals surface area contributed by atoms with Gasteiger partial charge in [-0.1, -0.05) is 30.3 Å². The molecule has 0 radical (unpaired) electrons. The van der Waals surface area contributed by atoms with Crippen molar-refractivity contribution in [1.29, 1.82) is 0 Å². The van der Waals surface area contributed by atoms with Crippen molar-refractivity contribution in [2.75, 3.05) is 6.26 Å². The smallest absolute Gasteiger partial charge is 0.194 e. The van der Waals surface area contributed by atoms with Crippen LogP contribution in [-0.4, -0.2) is 24.2 Å². The first-order chi connectivity index (χ1) is 8.02. The first-order valence-electron chi connectivity index (χ1n) is 5.35. The van der Waals surface area contributed by atoms with Crippen LogP contribution in [0.4, 0.5) is 0 Å². The summed E-state index contributed by atoms with van der Waals surface area (Å²) in [6.45, 7) is 2.65. The van der Waals surface area contributed by atoms with Crippen molar-refractivity contribution in [1.82, 2.24) is 9.55 Å². The molecular weight excluding hydrogens is 236 g/mol. The van der Waals surface area contributed by atoms with Crippen LogP contribution in [0.2, 0.25) is 0 Å². The quantitative estimate of drug-likeness (QED) is 0.837. The molecule has 17 heavy (non-hydrogen) atoms. The number of aryl methyl sites for hydroxylation is 1. The number of nitrogens with zero attached hydrogens (tertiary/aromatic N) is 2. The molecule has 1 aromatic carbocycles. The second kappa shape index (κ2) is 4.33. The number of benzene rings is 1. The maximum absolute atomic E-state index is 11.5. The fourth-order valence-corrected chi connectivity index (χ4v) is 2.20. The van der Waals surface area contributed by atoms with Crippen LogP contribution in [0, 0.1) is 0 Å². The zero-order chi connectivity index (χ0) is 12.5. The summed E-state index contributed by atoms with van der Waals surface area (Å²) in [6, 6.07) is 9.57. The van der Waals surface area contributed by atoms with Crippen LogP contribution in [-0.2, 0) is 16.4 Å². The molecule has 0 bridgehead atoms. The highest BCUT2D eigenvalue weighted by molar-refractivity contribution is 7.90. The zero-order valence-electron chi connectivity index (χ0n) is 9.79. The molecule has 0 saturated heterocycles. The lowest BCUT2D eigenvalue weighted by atomic mass is 10.2. The summed E-state index contributed by atoms with van der Waals surface area (Å²) in [5, 5.41) is 0.123. The Balaban J connectivity index is 2.59. The molecule has 4 nitrogen and oxygen atoms in total. The van der Waals surface area contributed by atoms with Crippen LogP contribution in [0.1, 0.15) is 6.92 Å². The van der Waals surface area contributed by atoms with Gasteiger partial charge >= 0.3 is 0 Å². The highest BCUT2D eigenvalue weighted by atomic mass is 32.2. The molecule has 1 heterocycles. The van der Waals surface area contributed by atoms with Crippen molar-refractivity contribution in [2.24, 2.45) is 0 Å². The van der Waals surface area contributed by atoms with Gasteiger partial charge in [0.2, 0.25) is 0 Å². The second-order valence-electron chi connectivity index (χ2n) is 3.83. The number of aromatic nitrogens is 2. The van der Waals surface area contributed by atoms with E-state index >= 15 is 0 Å². The zero-order valence-corrected chi connectivity index (χ0v) is 10.6. The molecule has 0 saturated carbocycles. The number of rotatable bonds is 3. The van der Waals surface area contributed by atoms with E-state index in [1.165, 1.54) is 6.26 Å². The Kier molecular flexibility index (Phi) is 3.02. The number of hydrogen-bond donors (Lipinski definition) is 0. The summed E-state index contributed by atoms with van der Waals surface area (Å²) in [5.74, 6) is 0.688. The standard InChI is InChI=1S/C12H14N2O2S/c1-3-14-9-11(17(2,15)16)13-12(14)10-7-5-4-6-8-10/h4-9H,3H2,1-2H3. The summed E-state index contributed by atoms with van der Waals surface area (Å²) in [7, 11) is -3.25. The van der Waals surface area contributed by atoms with Gasteiger partial charge in [0.05, 0.1) is 0 Å². The highest BCUT2D eigenvalue weighted by Gasteiger charge is 2.15. The summed E-state index contributed by atoms with van der Waals surface area (Å²) in [6.07, 6.45) is 2.75. The Morgan fingerprint density at radius 2 is 1.88 bits per heavy atom. The molecule has 0 N–H and O–H groups in total. The monoisotopic (exact) mass is 250 g/mol. The summed E-state index contributed by atoms with van der Waals surface area (Å²) in [4.78, 5) is 4.20.